The van der Waals surface area contributed by atoms with E-state index in [1.165, 1.54) is 24.3 Å². The van der Waals surface area contributed by atoms with E-state index >= 15 is 0 Å². The number of hydrogen-bond donors (Lipinski definition) is 4. The predicted octanol–water partition coefficient (Wildman–Crippen LogP) is -1.47. The number of nitrogens with one attached hydrogen (secondary N) is 1. The molecule has 0 radical (unpaired) electrons. The van der Waals surface area contributed by atoms with Crippen molar-refractivity contribution in [2.75, 3.05) is 0 Å². The minimum absolute atomic E-state index is 0.103. The molecule has 0 aliphatic carbocycles. The number of benzene rings is 1. The van der Waals surface area contributed by atoms with Crippen LogP contribution in [0.3, 0.4) is 0 Å². The van der Waals surface area contributed by atoms with Crippen LogP contribution in [0.4, 0.5) is 5.69 Å². The first-order valence-corrected chi connectivity index (χ1v) is 7.52. The van der Waals surface area contributed by atoms with Crippen molar-refractivity contribution in [3.05, 3.63) is 35.0 Å². The van der Waals surface area contributed by atoms with Crippen molar-refractivity contribution in [3.8, 4) is 0 Å². The third kappa shape index (κ3) is 3.63. The van der Waals surface area contributed by atoms with E-state index < -0.39 is 19.4 Å². The minimum atomic E-state index is -4.66. The van der Waals surface area contributed by atoms with Gasteiger partial charge in [0.05, 0.1) is 0 Å². The molecule has 7 heteroatoms. The van der Waals surface area contributed by atoms with E-state index in [4.69, 9.17) is 13.4 Å². The van der Waals surface area contributed by atoms with Crippen LogP contribution in [0, 0.1) is 5.21 Å². The summed E-state index contributed by atoms with van der Waals surface area (Å²) in [4.78, 5) is 0. The molecule has 4 N–H and O–H groups in total. The van der Waals surface area contributed by atoms with E-state index in [1.54, 1.807) is 0 Å². The Labute approximate surface area is 82.9 Å². The molecule has 0 aliphatic heterocycles. The van der Waals surface area contributed by atoms with Crippen LogP contribution in [-0.2, 0) is 8.95 Å². The van der Waals surface area contributed by atoms with E-state index in [0.29, 0.717) is 5.56 Å². The first-order chi connectivity index (χ1) is 6.38. The van der Waals surface area contributed by atoms with Gasteiger partial charge in [0.15, 0.2) is 0 Å². The molecule has 1 rings (SSSR count). The maximum atomic E-state index is 10.7. The van der Waals surface area contributed by atoms with Gasteiger partial charge < -0.3 is 0 Å². The Morgan fingerprint density at radius 2 is 1.79 bits per heavy atom. The van der Waals surface area contributed by atoms with E-state index in [1.807, 2.05) is 0 Å². The van der Waals surface area contributed by atoms with Gasteiger partial charge in [-0.05, 0) is 0 Å². The first kappa shape index (κ1) is 11.5. The van der Waals surface area contributed by atoms with Gasteiger partial charge in [-0.25, -0.2) is 0 Å². The summed E-state index contributed by atoms with van der Waals surface area (Å²) in [5, 5.41) is 17.6. The summed E-state index contributed by atoms with van der Waals surface area (Å²) in [5.41, 5.74) is 0.550. The number of hydrogen-bond acceptors (Lipinski definition) is 3. The molecule has 1 atom stereocenters. The summed E-state index contributed by atoms with van der Waals surface area (Å²) in [5.74, 6) is 0. The molecule has 0 saturated heterocycles. The summed E-state index contributed by atoms with van der Waals surface area (Å²) < 4.78 is 28.1. The molecule has 0 bridgehead atoms. The fourth-order valence-electron chi connectivity index (χ4n) is 0.991. The van der Waals surface area contributed by atoms with Gasteiger partial charge in [0.25, 0.3) is 0 Å². The van der Waals surface area contributed by atoms with Crippen molar-refractivity contribution in [2.24, 2.45) is 0 Å². The average Bonchev–Trinajstić information content (AvgIpc) is 2.02. The standard InChI is InChI=1S/C7H10AsNO5/c10-8(11,12)5-6-1-3-7(4-2-6)9(13)14/h1-4,9,13H,5H2,(H2,10,11,12). The number of rotatable bonds is 3. The molecule has 1 unspecified atom stereocenters. The van der Waals surface area contributed by atoms with E-state index in [0.717, 1.165) is 0 Å². The van der Waals surface area contributed by atoms with Crippen LogP contribution in [0.2, 0.25) is 0 Å². The van der Waals surface area contributed by atoms with Gasteiger partial charge in [-0.2, -0.15) is 0 Å². The zero-order valence-corrected chi connectivity index (χ0v) is 9.00. The second-order valence-electron chi connectivity index (χ2n) is 2.82. The molecule has 0 heterocycles. The SMILES string of the molecule is O=[As](O)(O)Cc1ccc([NH+]([O-])O)cc1. The molecule has 0 fully saturated rings. The second kappa shape index (κ2) is 4.27. The summed E-state index contributed by atoms with van der Waals surface area (Å²) in [6, 6.07) is 5.46. The van der Waals surface area contributed by atoms with Crippen LogP contribution < -0.4 is 5.23 Å². The Bertz CT molecular complexity index is 344. The Morgan fingerprint density at radius 1 is 1.29 bits per heavy atom. The fourth-order valence-corrected chi connectivity index (χ4v) is 2.43. The van der Waals surface area contributed by atoms with Crippen molar-refractivity contribution < 1.29 is 22.4 Å². The molecule has 0 amide bonds. The molecule has 0 spiro atoms. The normalized spacial score (nSPS) is 14.0. The summed E-state index contributed by atoms with van der Waals surface area (Å²) in [7, 11) is 0. The predicted molar refractivity (Wildman–Crippen MR) is 46.8 cm³/mol. The Hall–Kier alpha value is -0.622. The van der Waals surface area contributed by atoms with Crippen LogP contribution in [0.25, 0.3) is 0 Å². The molecule has 14 heavy (non-hydrogen) atoms. The summed E-state index contributed by atoms with van der Waals surface area (Å²) >= 11 is -4.66. The Kier molecular flexibility index (Phi) is 3.49. The zero-order valence-electron chi connectivity index (χ0n) is 7.12. The third-order valence-electron chi connectivity index (χ3n) is 1.59. The van der Waals surface area contributed by atoms with Crippen LogP contribution in [0.1, 0.15) is 5.56 Å². The maximum absolute atomic E-state index is 10.7. The van der Waals surface area contributed by atoms with Gasteiger partial charge in [-0.1, -0.05) is 0 Å². The van der Waals surface area contributed by atoms with Crippen molar-refractivity contribution in [1.82, 2.24) is 0 Å². The van der Waals surface area contributed by atoms with Gasteiger partial charge in [0.2, 0.25) is 0 Å². The van der Waals surface area contributed by atoms with E-state index in [9.17, 15) is 8.95 Å². The van der Waals surface area contributed by atoms with Gasteiger partial charge in [0.1, 0.15) is 0 Å². The summed E-state index contributed by atoms with van der Waals surface area (Å²) in [6.07, 6.45) is 0. The van der Waals surface area contributed by atoms with Crippen LogP contribution in [-0.4, -0.2) is 27.6 Å². The Balaban J connectivity index is 2.79. The van der Waals surface area contributed by atoms with E-state index in [-0.39, 0.29) is 10.9 Å². The van der Waals surface area contributed by atoms with Crippen molar-refractivity contribution in [1.29, 1.82) is 0 Å². The van der Waals surface area contributed by atoms with Crippen LogP contribution in [0.5, 0.6) is 0 Å². The van der Waals surface area contributed by atoms with Crippen molar-refractivity contribution in [3.63, 3.8) is 0 Å². The average molecular weight is 263 g/mol. The molecule has 0 aliphatic rings. The van der Waals surface area contributed by atoms with Crippen molar-refractivity contribution >= 4 is 19.9 Å². The molecule has 1 aromatic rings. The van der Waals surface area contributed by atoms with Gasteiger partial charge >= 0.3 is 82.5 Å². The van der Waals surface area contributed by atoms with E-state index in [2.05, 4.69) is 0 Å². The zero-order chi connectivity index (χ0) is 10.8. The quantitative estimate of drug-likeness (QED) is 0.393. The molecule has 6 nitrogen and oxygen atoms in total. The fraction of sp³-hybridized carbons (Fsp3) is 0.143. The second-order valence-corrected chi connectivity index (χ2v) is 6.28. The molecule has 0 saturated carbocycles. The molecular weight excluding hydrogens is 253 g/mol. The molecule has 78 valence electrons. The Morgan fingerprint density at radius 3 is 2.14 bits per heavy atom. The van der Waals surface area contributed by atoms with Gasteiger partial charge in [-0.15, -0.1) is 0 Å². The topological polar surface area (TPSA) is 105 Å². The van der Waals surface area contributed by atoms with Gasteiger partial charge in [0, 0.05) is 0 Å². The first-order valence-electron chi connectivity index (χ1n) is 3.75. The van der Waals surface area contributed by atoms with Crippen LogP contribution in [0.15, 0.2) is 24.3 Å². The van der Waals surface area contributed by atoms with Crippen LogP contribution >= 0.6 is 0 Å². The molecular formula is C7H10AsNO5. The van der Waals surface area contributed by atoms with Gasteiger partial charge in [-0.3, -0.25) is 0 Å². The monoisotopic (exact) mass is 263 g/mol. The van der Waals surface area contributed by atoms with Crippen molar-refractivity contribution in [2.45, 2.75) is 5.21 Å². The third-order valence-corrected chi connectivity index (χ3v) is 3.22. The number of quaternary nitrogens is 1. The molecule has 1 aromatic carbocycles. The molecule has 0 aromatic heterocycles. The summed E-state index contributed by atoms with van der Waals surface area (Å²) in [6.45, 7) is 0.